The van der Waals surface area contributed by atoms with Gasteiger partial charge in [0.2, 0.25) is 5.91 Å². The first-order valence-corrected chi connectivity index (χ1v) is 8.05. The van der Waals surface area contributed by atoms with E-state index in [0.717, 1.165) is 22.3 Å². The Hall–Kier alpha value is -1.17. The molecule has 5 heteroatoms. The molecule has 0 spiro atoms. The van der Waals surface area contributed by atoms with E-state index in [0.29, 0.717) is 0 Å². The van der Waals surface area contributed by atoms with Crippen LogP contribution in [-0.2, 0) is 11.3 Å². The molecule has 1 heterocycles. The number of nitrogens with one attached hydrogen (secondary N) is 2. The SMILES string of the molecule is CC(=O)Nc1cccc([C@@H](C)NCc2cc(Br)cs2)c1. The van der Waals surface area contributed by atoms with E-state index in [-0.39, 0.29) is 11.9 Å². The molecule has 106 valence electrons. The van der Waals surface area contributed by atoms with Gasteiger partial charge in [-0.2, -0.15) is 0 Å². The smallest absolute Gasteiger partial charge is 0.221 e. The van der Waals surface area contributed by atoms with Gasteiger partial charge in [-0.25, -0.2) is 0 Å². The van der Waals surface area contributed by atoms with Crippen molar-refractivity contribution < 1.29 is 4.79 Å². The highest BCUT2D eigenvalue weighted by Gasteiger charge is 2.07. The molecule has 0 aliphatic carbocycles. The quantitative estimate of drug-likeness (QED) is 0.841. The van der Waals surface area contributed by atoms with Crippen LogP contribution in [0.15, 0.2) is 40.2 Å². The van der Waals surface area contributed by atoms with Gasteiger partial charge in [-0.05, 0) is 46.6 Å². The number of amides is 1. The van der Waals surface area contributed by atoms with Crippen LogP contribution in [0.3, 0.4) is 0 Å². The zero-order valence-corrected chi connectivity index (χ0v) is 13.8. The summed E-state index contributed by atoms with van der Waals surface area (Å²) in [5.74, 6) is -0.0498. The second-order valence-electron chi connectivity index (χ2n) is 4.64. The first-order chi connectivity index (χ1) is 9.54. The monoisotopic (exact) mass is 352 g/mol. The molecule has 2 aromatic rings. The Bertz CT molecular complexity index is 597. The molecule has 20 heavy (non-hydrogen) atoms. The average Bonchev–Trinajstić information content (AvgIpc) is 2.81. The van der Waals surface area contributed by atoms with Gasteiger partial charge >= 0.3 is 0 Å². The standard InChI is InChI=1S/C15H17BrN2OS/c1-10(17-8-15-7-13(16)9-20-15)12-4-3-5-14(6-12)18-11(2)19/h3-7,9-10,17H,8H2,1-2H3,(H,18,19)/t10-/m1/s1. The van der Waals surface area contributed by atoms with E-state index in [4.69, 9.17) is 0 Å². The lowest BCUT2D eigenvalue weighted by Crippen LogP contribution is -2.17. The third-order valence-electron chi connectivity index (χ3n) is 2.91. The molecule has 0 aliphatic heterocycles. The zero-order valence-electron chi connectivity index (χ0n) is 11.4. The Morgan fingerprint density at radius 3 is 2.85 bits per heavy atom. The number of carbonyl (C=O) groups excluding carboxylic acids is 1. The van der Waals surface area contributed by atoms with Crippen molar-refractivity contribution >= 4 is 38.9 Å². The maximum absolute atomic E-state index is 11.1. The van der Waals surface area contributed by atoms with Crippen LogP contribution in [0, 0.1) is 0 Å². The van der Waals surface area contributed by atoms with Gasteiger partial charge in [0.15, 0.2) is 0 Å². The Labute approximate surface area is 131 Å². The van der Waals surface area contributed by atoms with Crippen LogP contribution in [0.2, 0.25) is 0 Å². The van der Waals surface area contributed by atoms with Gasteiger partial charge in [0.25, 0.3) is 0 Å². The van der Waals surface area contributed by atoms with Gasteiger partial charge in [0.05, 0.1) is 0 Å². The minimum Gasteiger partial charge on any atom is -0.326 e. The van der Waals surface area contributed by atoms with Crippen LogP contribution in [0.5, 0.6) is 0 Å². The Kier molecular flexibility index (Phi) is 5.34. The van der Waals surface area contributed by atoms with Crippen molar-refractivity contribution in [3.8, 4) is 0 Å². The molecule has 0 bridgehead atoms. The molecular formula is C15H17BrN2OS. The molecule has 1 aromatic heterocycles. The third-order valence-corrected chi connectivity index (χ3v) is 4.61. The van der Waals surface area contributed by atoms with Crippen molar-refractivity contribution in [2.75, 3.05) is 5.32 Å². The van der Waals surface area contributed by atoms with E-state index in [9.17, 15) is 4.79 Å². The molecule has 0 fully saturated rings. The summed E-state index contributed by atoms with van der Waals surface area (Å²) < 4.78 is 1.12. The van der Waals surface area contributed by atoms with E-state index in [1.807, 2.05) is 18.2 Å². The maximum Gasteiger partial charge on any atom is 0.221 e. The maximum atomic E-state index is 11.1. The van der Waals surface area contributed by atoms with E-state index in [1.165, 1.54) is 11.8 Å². The van der Waals surface area contributed by atoms with Gasteiger partial charge in [0, 0.05) is 39.9 Å². The number of thiophene rings is 1. The number of hydrogen-bond acceptors (Lipinski definition) is 3. The molecule has 0 radical (unpaired) electrons. The Morgan fingerprint density at radius 1 is 1.40 bits per heavy atom. The molecule has 1 aromatic carbocycles. The van der Waals surface area contributed by atoms with Gasteiger partial charge in [-0.3, -0.25) is 4.79 Å². The van der Waals surface area contributed by atoms with Crippen molar-refractivity contribution in [3.63, 3.8) is 0 Å². The summed E-state index contributed by atoms with van der Waals surface area (Å²) in [6.07, 6.45) is 0. The molecular weight excluding hydrogens is 336 g/mol. The normalized spacial score (nSPS) is 12.2. The topological polar surface area (TPSA) is 41.1 Å². The fraction of sp³-hybridized carbons (Fsp3) is 0.267. The van der Waals surface area contributed by atoms with Crippen LogP contribution in [0.25, 0.3) is 0 Å². The highest BCUT2D eigenvalue weighted by Crippen LogP contribution is 2.22. The van der Waals surface area contributed by atoms with Crippen LogP contribution in [0.4, 0.5) is 5.69 Å². The summed E-state index contributed by atoms with van der Waals surface area (Å²) >= 11 is 5.19. The lowest BCUT2D eigenvalue weighted by Gasteiger charge is -2.15. The van der Waals surface area contributed by atoms with Crippen LogP contribution in [-0.4, -0.2) is 5.91 Å². The van der Waals surface area contributed by atoms with Crippen LogP contribution < -0.4 is 10.6 Å². The molecule has 0 saturated carbocycles. The van der Waals surface area contributed by atoms with Crippen LogP contribution >= 0.6 is 27.3 Å². The molecule has 0 aliphatic rings. The predicted molar refractivity (Wildman–Crippen MR) is 88.0 cm³/mol. The summed E-state index contributed by atoms with van der Waals surface area (Å²) in [5, 5.41) is 8.37. The average molecular weight is 353 g/mol. The van der Waals surface area contributed by atoms with E-state index in [1.54, 1.807) is 11.3 Å². The number of benzene rings is 1. The summed E-state index contributed by atoms with van der Waals surface area (Å²) in [6.45, 7) is 4.47. The molecule has 2 N–H and O–H groups in total. The zero-order chi connectivity index (χ0) is 14.5. The molecule has 0 unspecified atom stereocenters. The summed E-state index contributed by atoms with van der Waals surface area (Å²) in [7, 11) is 0. The lowest BCUT2D eigenvalue weighted by atomic mass is 10.1. The first kappa shape index (κ1) is 15.2. The van der Waals surface area contributed by atoms with Crippen molar-refractivity contribution in [2.45, 2.75) is 26.4 Å². The van der Waals surface area contributed by atoms with Gasteiger partial charge in [0.1, 0.15) is 0 Å². The lowest BCUT2D eigenvalue weighted by molar-refractivity contribution is -0.114. The number of anilines is 1. The second kappa shape index (κ2) is 7.02. The summed E-state index contributed by atoms with van der Waals surface area (Å²) in [5.41, 5.74) is 1.99. The largest absolute Gasteiger partial charge is 0.326 e. The van der Waals surface area contributed by atoms with Crippen LogP contribution in [0.1, 0.15) is 30.3 Å². The van der Waals surface area contributed by atoms with Crippen molar-refractivity contribution in [3.05, 3.63) is 50.6 Å². The van der Waals surface area contributed by atoms with E-state index in [2.05, 4.69) is 51.0 Å². The molecule has 0 saturated heterocycles. The fourth-order valence-electron chi connectivity index (χ4n) is 1.91. The highest BCUT2D eigenvalue weighted by molar-refractivity contribution is 9.10. The highest BCUT2D eigenvalue weighted by atomic mass is 79.9. The number of halogens is 1. The molecule has 2 rings (SSSR count). The second-order valence-corrected chi connectivity index (χ2v) is 6.55. The number of hydrogen-bond donors (Lipinski definition) is 2. The molecule has 1 amide bonds. The first-order valence-electron chi connectivity index (χ1n) is 6.38. The van der Waals surface area contributed by atoms with Crippen molar-refractivity contribution in [2.24, 2.45) is 0 Å². The van der Waals surface area contributed by atoms with E-state index >= 15 is 0 Å². The third kappa shape index (κ3) is 4.44. The summed E-state index contributed by atoms with van der Waals surface area (Å²) in [6, 6.07) is 10.3. The predicted octanol–water partition coefficient (Wildman–Crippen LogP) is 4.32. The fourth-order valence-corrected chi connectivity index (χ4v) is 3.31. The van der Waals surface area contributed by atoms with Crippen molar-refractivity contribution in [1.82, 2.24) is 5.32 Å². The number of carbonyl (C=O) groups is 1. The molecule has 3 nitrogen and oxygen atoms in total. The minimum atomic E-state index is -0.0498. The minimum absolute atomic E-state index is 0.0498. The summed E-state index contributed by atoms with van der Waals surface area (Å²) in [4.78, 5) is 12.4. The van der Waals surface area contributed by atoms with E-state index < -0.39 is 0 Å². The van der Waals surface area contributed by atoms with Crippen molar-refractivity contribution in [1.29, 1.82) is 0 Å². The van der Waals surface area contributed by atoms with Gasteiger partial charge in [-0.15, -0.1) is 11.3 Å². The Morgan fingerprint density at radius 2 is 2.20 bits per heavy atom. The van der Waals surface area contributed by atoms with Gasteiger partial charge in [-0.1, -0.05) is 12.1 Å². The molecule has 1 atom stereocenters. The Balaban J connectivity index is 1.97. The number of rotatable bonds is 5. The van der Waals surface area contributed by atoms with Gasteiger partial charge < -0.3 is 10.6 Å².